The summed E-state index contributed by atoms with van der Waals surface area (Å²) >= 11 is 3.54. The Labute approximate surface area is 102 Å². The van der Waals surface area contributed by atoms with Crippen molar-refractivity contribution >= 4 is 21.8 Å². The van der Waals surface area contributed by atoms with E-state index in [1.165, 1.54) is 0 Å². The fraction of sp³-hybridized carbons (Fsp3) is 0.250. The smallest absolute Gasteiger partial charge is 0.252 e. The zero-order valence-corrected chi connectivity index (χ0v) is 10.2. The van der Waals surface area contributed by atoms with Crippen LogP contribution in [0.25, 0.3) is 0 Å². The zero-order chi connectivity index (χ0) is 11.2. The molecular weight excluding hydrogens is 268 g/mol. The summed E-state index contributed by atoms with van der Waals surface area (Å²) in [5.41, 5.74) is 1.52. The van der Waals surface area contributed by atoms with Crippen LogP contribution in [0.5, 0.6) is 0 Å². The lowest BCUT2D eigenvalue weighted by Gasteiger charge is -2.30. The first-order valence-electron chi connectivity index (χ1n) is 5.25. The van der Waals surface area contributed by atoms with Gasteiger partial charge >= 0.3 is 0 Å². The van der Waals surface area contributed by atoms with Crippen LogP contribution in [-0.2, 0) is 5.54 Å². The molecule has 0 saturated carbocycles. The van der Waals surface area contributed by atoms with Gasteiger partial charge < -0.3 is 10.6 Å². The Bertz CT molecular complexity index is 498. The molecule has 1 aromatic rings. The first-order valence-corrected chi connectivity index (χ1v) is 6.05. The number of hydrogen-bond donors (Lipinski definition) is 2. The van der Waals surface area contributed by atoms with Crippen molar-refractivity contribution in [1.82, 2.24) is 10.6 Å². The van der Waals surface area contributed by atoms with Crippen LogP contribution in [0.1, 0.15) is 22.3 Å². The fourth-order valence-corrected chi connectivity index (χ4v) is 3.17. The number of halogens is 1. The molecule has 2 aliphatic rings. The molecular formula is C12H11BrN2O. The average Bonchev–Trinajstić information content (AvgIpc) is 2.55. The van der Waals surface area contributed by atoms with Gasteiger partial charge in [-0.1, -0.05) is 22.0 Å². The van der Waals surface area contributed by atoms with E-state index < -0.39 is 0 Å². The summed E-state index contributed by atoms with van der Waals surface area (Å²) in [6.45, 7) is 0.873. The highest BCUT2D eigenvalue weighted by atomic mass is 79.9. The minimum Gasteiger partial charge on any atom is -0.391 e. The van der Waals surface area contributed by atoms with Crippen LogP contribution in [-0.4, -0.2) is 12.5 Å². The van der Waals surface area contributed by atoms with Gasteiger partial charge in [0.25, 0.3) is 5.91 Å². The van der Waals surface area contributed by atoms with Crippen molar-refractivity contribution < 1.29 is 4.79 Å². The predicted octanol–water partition coefficient (Wildman–Crippen LogP) is 1.89. The molecule has 0 aliphatic carbocycles. The molecule has 82 valence electrons. The van der Waals surface area contributed by atoms with Crippen molar-refractivity contribution in [3.05, 3.63) is 46.1 Å². The van der Waals surface area contributed by atoms with Crippen LogP contribution >= 0.6 is 15.9 Å². The molecule has 0 aromatic heterocycles. The highest BCUT2D eigenvalue weighted by Crippen LogP contribution is 2.40. The van der Waals surface area contributed by atoms with E-state index in [1.54, 1.807) is 0 Å². The number of carbonyl (C=O) groups is 1. The van der Waals surface area contributed by atoms with Crippen molar-refractivity contribution in [2.24, 2.45) is 0 Å². The lowest BCUT2D eigenvalue weighted by atomic mass is 9.86. The summed E-state index contributed by atoms with van der Waals surface area (Å²) in [5, 5.41) is 6.23. The summed E-state index contributed by atoms with van der Waals surface area (Å²) in [4.78, 5) is 11.9. The van der Waals surface area contributed by atoms with Gasteiger partial charge in [0, 0.05) is 22.1 Å². The second-order valence-corrected chi connectivity index (χ2v) is 4.98. The third-order valence-electron chi connectivity index (χ3n) is 3.19. The molecule has 16 heavy (non-hydrogen) atoms. The number of hydrogen-bond acceptors (Lipinski definition) is 2. The minimum absolute atomic E-state index is 0.0165. The van der Waals surface area contributed by atoms with Crippen molar-refractivity contribution in [3.8, 4) is 0 Å². The first-order chi connectivity index (χ1) is 7.73. The average molecular weight is 279 g/mol. The Morgan fingerprint density at radius 3 is 3.00 bits per heavy atom. The number of rotatable bonds is 0. The molecule has 2 N–H and O–H groups in total. The van der Waals surface area contributed by atoms with Crippen molar-refractivity contribution in [3.63, 3.8) is 0 Å². The normalized spacial score (nSPS) is 26.4. The number of nitrogens with one attached hydrogen (secondary N) is 2. The van der Waals surface area contributed by atoms with Gasteiger partial charge in [-0.2, -0.15) is 0 Å². The summed E-state index contributed by atoms with van der Waals surface area (Å²) in [7, 11) is 0. The van der Waals surface area contributed by atoms with E-state index >= 15 is 0 Å². The summed E-state index contributed by atoms with van der Waals surface area (Å²) in [6, 6.07) is 5.75. The molecule has 1 aromatic carbocycles. The summed E-state index contributed by atoms with van der Waals surface area (Å²) < 4.78 is 0.995. The van der Waals surface area contributed by atoms with E-state index in [-0.39, 0.29) is 11.4 Å². The number of carbonyl (C=O) groups excluding carboxylic acids is 1. The standard InChI is InChI=1S/C12H11BrN2O/c13-9-3-1-2-8-10(9)12(15-11(8)16)4-6-14-7-5-12/h1-4,6,14H,5,7H2,(H,15,16). The highest BCUT2D eigenvalue weighted by molar-refractivity contribution is 9.10. The van der Waals surface area contributed by atoms with Gasteiger partial charge in [-0.05, 0) is 30.8 Å². The maximum atomic E-state index is 11.9. The molecule has 1 spiro atoms. The predicted molar refractivity (Wildman–Crippen MR) is 65.0 cm³/mol. The van der Waals surface area contributed by atoms with Crippen LogP contribution in [0, 0.1) is 0 Å². The van der Waals surface area contributed by atoms with E-state index in [2.05, 4.69) is 26.6 Å². The van der Waals surface area contributed by atoms with Gasteiger partial charge in [-0.25, -0.2) is 0 Å². The SMILES string of the molecule is O=C1NC2(C=CNCC2)c2c(Br)cccc21. The number of fused-ring (bicyclic) bond motifs is 2. The van der Waals surface area contributed by atoms with E-state index in [0.29, 0.717) is 0 Å². The first kappa shape index (κ1) is 9.90. The Balaban J connectivity index is 2.24. The largest absolute Gasteiger partial charge is 0.391 e. The van der Waals surface area contributed by atoms with Gasteiger partial charge in [0.15, 0.2) is 0 Å². The van der Waals surface area contributed by atoms with Gasteiger partial charge in [0.2, 0.25) is 0 Å². The van der Waals surface area contributed by atoms with Crippen LogP contribution in [0.3, 0.4) is 0 Å². The van der Waals surface area contributed by atoms with Crippen LogP contribution in [0.15, 0.2) is 34.9 Å². The zero-order valence-electron chi connectivity index (χ0n) is 8.59. The van der Waals surface area contributed by atoms with Crippen LogP contribution in [0.4, 0.5) is 0 Å². The Kier molecular flexibility index (Phi) is 2.07. The second kappa shape index (κ2) is 3.35. The summed E-state index contributed by atoms with van der Waals surface area (Å²) in [5.74, 6) is 0.0165. The monoisotopic (exact) mass is 278 g/mol. The Hall–Kier alpha value is -1.29. The van der Waals surface area contributed by atoms with Gasteiger partial charge in [0.1, 0.15) is 0 Å². The third-order valence-corrected chi connectivity index (χ3v) is 3.85. The van der Waals surface area contributed by atoms with Gasteiger partial charge in [-0.3, -0.25) is 4.79 Å². The molecule has 1 atom stereocenters. The lowest BCUT2D eigenvalue weighted by molar-refractivity contribution is 0.0939. The van der Waals surface area contributed by atoms with Gasteiger partial charge in [-0.15, -0.1) is 0 Å². The van der Waals surface area contributed by atoms with E-state index in [1.807, 2.05) is 30.5 Å². The highest BCUT2D eigenvalue weighted by Gasteiger charge is 2.42. The molecule has 0 radical (unpaired) electrons. The molecule has 3 rings (SSSR count). The molecule has 2 heterocycles. The summed E-state index contributed by atoms with van der Waals surface area (Å²) in [6.07, 6.45) is 4.83. The third kappa shape index (κ3) is 1.23. The Morgan fingerprint density at radius 1 is 1.38 bits per heavy atom. The van der Waals surface area contributed by atoms with Crippen LogP contribution < -0.4 is 10.6 Å². The molecule has 4 heteroatoms. The Morgan fingerprint density at radius 2 is 2.25 bits per heavy atom. The molecule has 3 nitrogen and oxygen atoms in total. The van der Waals surface area contributed by atoms with Crippen molar-refractivity contribution in [2.75, 3.05) is 6.54 Å². The maximum Gasteiger partial charge on any atom is 0.252 e. The second-order valence-electron chi connectivity index (χ2n) is 4.13. The van der Waals surface area contributed by atoms with Gasteiger partial charge in [0.05, 0.1) is 5.54 Å². The molecule has 0 bridgehead atoms. The number of amides is 1. The molecule has 2 aliphatic heterocycles. The molecule has 0 saturated heterocycles. The molecule has 0 fully saturated rings. The maximum absolute atomic E-state index is 11.9. The van der Waals surface area contributed by atoms with Crippen molar-refractivity contribution in [2.45, 2.75) is 12.0 Å². The minimum atomic E-state index is -0.322. The van der Waals surface area contributed by atoms with Crippen molar-refractivity contribution in [1.29, 1.82) is 0 Å². The molecule has 1 amide bonds. The van der Waals surface area contributed by atoms with E-state index in [4.69, 9.17) is 0 Å². The topological polar surface area (TPSA) is 41.1 Å². The lowest BCUT2D eigenvalue weighted by Crippen LogP contribution is -2.42. The van der Waals surface area contributed by atoms with E-state index in [9.17, 15) is 4.79 Å². The van der Waals surface area contributed by atoms with E-state index in [0.717, 1.165) is 28.6 Å². The number of benzene rings is 1. The fourth-order valence-electron chi connectivity index (χ4n) is 2.45. The molecule has 1 unspecified atom stereocenters. The van der Waals surface area contributed by atoms with Crippen LogP contribution in [0.2, 0.25) is 0 Å². The quantitative estimate of drug-likeness (QED) is 0.761.